The van der Waals surface area contributed by atoms with Crippen LogP contribution in [-0.4, -0.2) is 17.1 Å². The number of aromatic nitrogens is 1. The van der Waals surface area contributed by atoms with Crippen LogP contribution in [0.15, 0.2) is 48.5 Å². The standard InChI is InChI=1S/C19H19FN2O2/c1-13-9-15-10-14(7-8-17(15)22(13)2)11-21-19(23)12-24-18-6-4-3-5-16(18)20/h3-10H,11-12H2,1-2H3,(H,21,23). The summed E-state index contributed by atoms with van der Waals surface area (Å²) in [6.07, 6.45) is 0. The van der Waals surface area contributed by atoms with Crippen LogP contribution in [0.2, 0.25) is 0 Å². The zero-order valence-electron chi connectivity index (χ0n) is 13.7. The van der Waals surface area contributed by atoms with Crippen molar-refractivity contribution < 1.29 is 13.9 Å². The summed E-state index contributed by atoms with van der Waals surface area (Å²) in [5.74, 6) is -0.688. The Hall–Kier alpha value is -2.82. The molecule has 0 aliphatic heterocycles. The highest BCUT2D eigenvalue weighted by Gasteiger charge is 2.07. The Labute approximate surface area is 139 Å². The number of carbonyl (C=O) groups is 1. The Morgan fingerprint density at radius 3 is 2.79 bits per heavy atom. The first-order valence-corrected chi connectivity index (χ1v) is 7.73. The Morgan fingerprint density at radius 2 is 2.00 bits per heavy atom. The van der Waals surface area contributed by atoms with Crippen molar-refractivity contribution in [3.05, 3.63) is 65.6 Å². The number of rotatable bonds is 5. The van der Waals surface area contributed by atoms with E-state index in [9.17, 15) is 9.18 Å². The van der Waals surface area contributed by atoms with Gasteiger partial charge in [-0.2, -0.15) is 0 Å². The van der Waals surface area contributed by atoms with Crippen LogP contribution in [0, 0.1) is 12.7 Å². The second-order valence-corrected chi connectivity index (χ2v) is 5.73. The molecule has 0 unspecified atom stereocenters. The second kappa shape index (κ2) is 6.74. The molecule has 3 aromatic rings. The Bertz CT molecular complexity index is 886. The molecule has 0 fully saturated rings. The third-order valence-electron chi connectivity index (χ3n) is 4.03. The molecule has 0 spiro atoms. The van der Waals surface area contributed by atoms with Gasteiger partial charge < -0.3 is 14.6 Å². The smallest absolute Gasteiger partial charge is 0.258 e. The lowest BCUT2D eigenvalue weighted by Gasteiger charge is -2.08. The van der Waals surface area contributed by atoms with E-state index in [1.54, 1.807) is 12.1 Å². The molecule has 0 radical (unpaired) electrons. The molecule has 2 aromatic carbocycles. The number of hydrogen-bond acceptors (Lipinski definition) is 2. The monoisotopic (exact) mass is 326 g/mol. The highest BCUT2D eigenvalue weighted by atomic mass is 19.1. The van der Waals surface area contributed by atoms with E-state index in [-0.39, 0.29) is 18.3 Å². The lowest BCUT2D eigenvalue weighted by atomic mass is 10.1. The number of ether oxygens (including phenoxy) is 1. The maximum absolute atomic E-state index is 13.4. The average molecular weight is 326 g/mol. The highest BCUT2D eigenvalue weighted by Crippen LogP contribution is 2.19. The van der Waals surface area contributed by atoms with Gasteiger partial charge >= 0.3 is 0 Å². The summed E-state index contributed by atoms with van der Waals surface area (Å²) in [6.45, 7) is 2.25. The highest BCUT2D eigenvalue weighted by molar-refractivity contribution is 5.82. The number of hydrogen-bond donors (Lipinski definition) is 1. The number of nitrogens with one attached hydrogen (secondary N) is 1. The van der Waals surface area contributed by atoms with Crippen molar-refractivity contribution in [3.63, 3.8) is 0 Å². The third kappa shape index (κ3) is 3.40. The number of amides is 1. The van der Waals surface area contributed by atoms with Gasteiger partial charge in [0, 0.05) is 30.2 Å². The molecule has 0 atom stereocenters. The van der Waals surface area contributed by atoms with Crippen LogP contribution in [0.25, 0.3) is 10.9 Å². The number of nitrogens with zero attached hydrogens (tertiary/aromatic N) is 1. The fourth-order valence-electron chi connectivity index (χ4n) is 2.60. The van der Waals surface area contributed by atoms with Crippen LogP contribution in [0.1, 0.15) is 11.3 Å². The first-order chi connectivity index (χ1) is 11.5. The number of para-hydroxylation sites is 1. The number of fused-ring (bicyclic) bond motifs is 1. The van der Waals surface area contributed by atoms with E-state index >= 15 is 0 Å². The molecule has 4 nitrogen and oxygen atoms in total. The van der Waals surface area contributed by atoms with E-state index in [4.69, 9.17) is 4.74 Å². The molecule has 0 aliphatic rings. The molecule has 0 aliphatic carbocycles. The number of benzene rings is 2. The third-order valence-corrected chi connectivity index (χ3v) is 4.03. The molecule has 24 heavy (non-hydrogen) atoms. The van der Waals surface area contributed by atoms with Gasteiger partial charge in [0.15, 0.2) is 18.2 Å². The van der Waals surface area contributed by atoms with E-state index in [0.29, 0.717) is 6.54 Å². The summed E-state index contributed by atoms with van der Waals surface area (Å²) < 4.78 is 20.7. The van der Waals surface area contributed by atoms with Crippen molar-refractivity contribution in [2.24, 2.45) is 7.05 Å². The molecule has 0 bridgehead atoms. The summed E-state index contributed by atoms with van der Waals surface area (Å²) >= 11 is 0. The van der Waals surface area contributed by atoms with E-state index in [0.717, 1.165) is 16.5 Å². The van der Waals surface area contributed by atoms with Crippen LogP contribution >= 0.6 is 0 Å². The van der Waals surface area contributed by atoms with Crippen molar-refractivity contribution in [1.29, 1.82) is 0 Å². The van der Waals surface area contributed by atoms with Crippen LogP contribution in [-0.2, 0) is 18.4 Å². The number of halogens is 1. The molecule has 0 saturated carbocycles. The average Bonchev–Trinajstić information content (AvgIpc) is 2.86. The Balaban J connectivity index is 1.57. The van der Waals surface area contributed by atoms with Crippen molar-refractivity contribution in [2.45, 2.75) is 13.5 Å². The first kappa shape index (κ1) is 16.1. The van der Waals surface area contributed by atoms with E-state index in [1.165, 1.54) is 17.8 Å². The van der Waals surface area contributed by atoms with Gasteiger partial charge in [0.05, 0.1) is 0 Å². The Kier molecular flexibility index (Phi) is 4.51. The fraction of sp³-hybridized carbons (Fsp3) is 0.211. The topological polar surface area (TPSA) is 43.3 Å². The van der Waals surface area contributed by atoms with Crippen LogP contribution in [0.3, 0.4) is 0 Å². The predicted octanol–water partition coefficient (Wildman–Crippen LogP) is 3.32. The first-order valence-electron chi connectivity index (χ1n) is 7.73. The lowest BCUT2D eigenvalue weighted by Crippen LogP contribution is -2.28. The van der Waals surface area contributed by atoms with Gasteiger partial charge in [-0.1, -0.05) is 18.2 Å². The molecule has 1 aromatic heterocycles. The summed E-state index contributed by atoms with van der Waals surface area (Å²) in [5.41, 5.74) is 3.35. The van der Waals surface area contributed by atoms with Crippen molar-refractivity contribution in [1.82, 2.24) is 9.88 Å². The van der Waals surface area contributed by atoms with Gasteiger partial charge in [-0.15, -0.1) is 0 Å². The summed E-state index contributed by atoms with van der Waals surface area (Å²) in [6, 6.07) is 14.2. The molecule has 0 saturated heterocycles. The SMILES string of the molecule is Cc1cc2cc(CNC(=O)COc3ccccc3F)ccc2n1C. The van der Waals surface area contributed by atoms with E-state index in [1.807, 2.05) is 19.2 Å². The molecule has 124 valence electrons. The molecule has 5 heteroatoms. The van der Waals surface area contributed by atoms with E-state index in [2.05, 4.69) is 28.9 Å². The van der Waals surface area contributed by atoms with Gasteiger partial charge in [0.1, 0.15) is 0 Å². The van der Waals surface area contributed by atoms with Gasteiger partial charge in [0.25, 0.3) is 5.91 Å². The van der Waals surface area contributed by atoms with Crippen LogP contribution < -0.4 is 10.1 Å². The summed E-state index contributed by atoms with van der Waals surface area (Å²) in [5, 5.41) is 3.92. The van der Waals surface area contributed by atoms with Crippen molar-refractivity contribution >= 4 is 16.8 Å². The molecule has 1 heterocycles. The second-order valence-electron chi connectivity index (χ2n) is 5.73. The van der Waals surface area contributed by atoms with Gasteiger partial charge in [0.2, 0.25) is 0 Å². The van der Waals surface area contributed by atoms with Crippen molar-refractivity contribution in [3.8, 4) is 5.75 Å². The molecular formula is C19H19FN2O2. The minimum absolute atomic E-state index is 0.0776. The summed E-state index contributed by atoms with van der Waals surface area (Å²) in [7, 11) is 2.03. The van der Waals surface area contributed by atoms with Gasteiger partial charge in [-0.05, 0) is 42.8 Å². The van der Waals surface area contributed by atoms with E-state index < -0.39 is 5.82 Å². The minimum atomic E-state index is -0.477. The largest absolute Gasteiger partial charge is 0.481 e. The predicted molar refractivity (Wildman–Crippen MR) is 91.4 cm³/mol. The maximum Gasteiger partial charge on any atom is 0.258 e. The zero-order chi connectivity index (χ0) is 17.1. The van der Waals surface area contributed by atoms with Crippen molar-refractivity contribution in [2.75, 3.05) is 6.61 Å². The summed E-state index contributed by atoms with van der Waals surface area (Å²) in [4.78, 5) is 11.9. The maximum atomic E-state index is 13.4. The van der Waals surface area contributed by atoms with Crippen LogP contribution in [0.5, 0.6) is 5.75 Å². The molecule has 1 amide bonds. The molecule has 1 N–H and O–H groups in total. The number of carbonyl (C=O) groups excluding carboxylic acids is 1. The fourth-order valence-corrected chi connectivity index (χ4v) is 2.60. The number of aryl methyl sites for hydroxylation is 2. The molecule has 3 rings (SSSR count). The van der Waals surface area contributed by atoms with Gasteiger partial charge in [-0.25, -0.2) is 4.39 Å². The van der Waals surface area contributed by atoms with Gasteiger partial charge in [-0.3, -0.25) is 4.79 Å². The molecular weight excluding hydrogens is 307 g/mol. The van der Waals surface area contributed by atoms with Crippen LogP contribution in [0.4, 0.5) is 4.39 Å². The quantitative estimate of drug-likeness (QED) is 0.781. The zero-order valence-corrected chi connectivity index (χ0v) is 13.7. The lowest BCUT2D eigenvalue weighted by molar-refractivity contribution is -0.123. The minimum Gasteiger partial charge on any atom is -0.481 e. The Morgan fingerprint density at radius 1 is 1.21 bits per heavy atom. The normalized spacial score (nSPS) is 10.8.